The van der Waals surface area contributed by atoms with Crippen molar-refractivity contribution in [2.24, 2.45) is 4.99 Å². The first-order valence-electron chi connectivity index (χ1n) is 9.12. The lowest BCUT2D eigenvalue weighted by Crippen LogP contribution is -2.39. The van der Waals surface area contributed by atoms with Crippen molar-refractivity contribution in [1.29, 1.82) is 0 Å². The van der Waals surface area contributed by atoms with Gasteiger partial charge in [-0.05, 0) is 44.9 Å². The van der Waals surface area contributed by atoms with E-state index in [1.54, 1.807) is 0 Å². The molecule has 1 aromatic rings. The van der Waals surface area contributed by atoms with Gasteiger partial charge in [0.25, 0.3) is 0 Å². The molecule has 0 fully saturated rings. The van der Waals surface area contributed by atoms with Crippen LogP contribution in [0.15, 0.2) is 29.3 Å². The predicted octanol–water partition coefficient (Wildman–Crippen LogP) is 1.62. The van der Waals surface area contributed by atoms with Crippen LogP contribution in [0.1, 0.15) is 38.9 Å². The number of sulfonamides is 1. The third kappa shape index (κ3) is 12.4. The first kappa shape index (κ1) is 26.9. The number of ether oxygens (including phenoxy) is 1. The van der Waals surface area contributed by atoms with Gasteiger partial charge in [0.1, 0.15) is 5.75 Å². The largest absolute Gasteiger partial charge is 0.491 e. The minimum Gasteiger partial charge on any atom is -0.491 e. The van der Waals surface area contributed by atoms with Crippen molar-refractivity contribution in [3.63, 3.8) is 0 Å². The molecule has 4 N–H and O–H groups in total. The molecule has 0 radical (unpaired) electrons. The Morgan fingerprint density at radius 2 is 1.82 bits per heavy atom. The normalized spacial score (nSPS) is 13.0. The maximum absolute atomic E-state index is 11.0. The van der Waals surface area contributed by atoms with Gasteiger partial charge in [-0.1, -0.05) is 12.1 Å². The fourth-order valence-corrected chi connectivity index (χ4v) is 2.73. The molecule has 0 spiro atoms. The lowest BCUT2D eigenvalue weighted by atomic mass is 10.1. The highest BCUT2D eigenvalue weighted by Gasteiger charge is 2.08. The number of aliphatic hydroxyl groups is 1. The molecule has 1 unspecified atom stereocenters. The zero-order valence-corrected chi connectivity index (χ0v) is 20.1. The summed E-state index contributed by atoms with van der Waals surface area (Å²) in [5.74, 6) is 1.35. The number of rotatable bonds is 11. The van der Waals surface area contributed by atoms with Gasteiger partial charge in [-0.2, -0.15) is 0 Å². The van der Waals surface area contributed by atoms with Gasteiger partial charge in [0, 0.05) is 19.6 Å². The number of hydrogen-bond acceptors (Lipinski definition) is 5. The molecule has 0 aliphatic rings. The highest BCUT2D eigenvalue weighted by Crippen LogP contribution is 2.19. The number of hydrogen-bond donors (Lipinski definition) is 4. The number of benzene rings is 1. The molecule has 10 heteroatoms. The topological polar surface area (TPSA) is 112 Å². The number of aliphatic hydroxyl groups excluding tert-OH is 1. The summed E-state index contributed by atoms with van der Waals surface area (Å²) in [7, 11) is -3.16. The maximum atomic E-state index is 11.0. The summed E-state index contributed by atoms with van der Waals surface area (Å²) in [6.07, 6.45) is 1.14. The predicted molar refractivity (Wildman–Crippen MR) is 124 cm³/mol. The van der Waals surface area contributed by atoms with Crippen LogP contribution in [0.4, 0.5) is 0 Å². The third-order valence-electron chi connectivity index (χ3n) is 3.41. The Balaban J connectivity index is 0.00000729. The standard InChI is InChI=1S/C18H32N4O4S.HI/c1-5-19-18(20-11-6-12-22-27(4,24)25)21-13-17(23)15-7-9-16(10-8-15)26-14(2)3;/h7-10,14,17,22-23H,5-6,11-13H2,1-4H3,(H2,19,20,21);1H. The van der Waals surface area contributed by atoms with Crippen LogP contribution in [-0.2, 0) is 10.0 Å². The number of aliphatic imine (C=N–C) groups is 1. The van der Waals surface area contributed by atoms with Crippen molar-refractivity contribution in [2.45, 2.75) is 39.4 Å². The van der Waals surface area contributed by atoms with Gasteiger partial charge < -0.3 is 20.5 Å². The molecule has 0 aliphatic heterocycles. The number of guanidine groups is 1. The van der Waals surface area contributed by atoms with Gasteiger partial charge in [-0.15, -0.1) is 24.0 Å². The van der Waals surface area contributed by atoms with Gasteiger partial charge in [0.15, 0.2) is 5.96 Å². The third-order valence-corrected chi connectivity index (χ3v) is 4.14. The molecule has 0 heterocycles. The minimum atomic E-state index is -3.16. The van der Waals surface area contributed by atoms with Crippen LogP contribution >= 0.6 is 24.0 Å². The van der Waals surface area contributed by atoms with Crippen molar-refractivity contribution >= 4 is 40.0 Å². The van der Waals surface area contributed by atoms with Crippen LogP contribution in [0.3, 0.4) is 0 Å². The number of nitrogens with one attached hydrogen (secondary N) is 3. The van der Waals surface area contributed by atoms with E-state index >= 15 is 0 Å². The molecule has 28 heavy (non-hydrogen) atoms. The molecular weight excluding hydrogens is 495 g/mol. The average molecular weight is 528 g/mol. The van der Waals surface area contributed by atoms with Crippen molar-refractivity contribution in [2.75, 3.05) is 32.4 Å². The summed E-state index contributed by atoms with van der Waals surface area (Å²) in [6.45, 7) is 7.69. The molecular formula is C18H33IN4O4S. The molecule has 0 saturated carbocycles. The zero-order valence-electron chi connectivity index (χ0n) is 16.9. The van der Waals surface area contributed by atoms with Crippen LogP contribution in [0.2, 0.25) is 0 Å². The molecule has 8 nitrogen and oxygen atoms in total. The summed E-state index contributed by atoms with van der Waals surface area (Å²) in [4.78, 5) is 4.38. The Morgan fingerprint density at radius 1 is 1.18 bits per heavy atom. The number of nitrogens with zero attached hydrogens (tertiary/aromatic N) is 1. The lowest BCUT2D eigenvalue weighted by Gasteiger charge is -2.14. The monoisotopic (exact) mass is 528 g/mol. The molecule has 1 aromatic carbocycles. The van der Waals surface area contributed by atoms with E-state index in [2.05, 4.69) is 20.3 Å². The van der Waals surface area contributed by atoms with Crippen LogP contribution in [-0.4, -0.2) is 58.0 Å². The van der Waals surface area contributed by atoms with E-state index < -0.39 is 16.1 Å². The van der Waals surface area contributed by atoms with E-state index in [9.17, 15) is 13.5 Å². The van der Waals surface area contributed by atoms with Gasteiger partial charge in [-0.3, -0.25) is 4.99 Å². The fourth-order valence-electron chi connectivity index (χ4n) is 2.22. The summed E-state index contributed by atoms with van der Waals surface area (Å²) in [5.41, 5.74) is 0.767. The van der Waals surface area contributed by atoms with Gasteiger partial charge in [0.05, 0.1) is 25.0 Å². The fraction of sp³-hybridized carbons (Fsp3) is 0.611. The van der Waals surface area contributed by atoms with Crippen molar-refractivity contribution < 1.29 is 18.3 Å². The second kappa shape index (κ2) is 14.0. The molecule has 0 aromatic heterocycles. The van der Waals surface area contributed by atoms with E-state index in [1.807, 2.05) is 45.0 Å². The quantitative estimate of drug-likeness (QED) is 0.150. The van der Waals surface area contributed by atoms with E-state index in [0.717, 1.165) is 17.6 Å². The Labute approximate surface area is 185 Å². The Kier molecular flexibility index (Phi) is 13.4. The Hall–Kier alpha value is -1.11. The maximum Gasteiger partial charge on any atom is 0.208 e. The summed E-state index contributed by atoms with van der Waals surface area (Å²) < 4.78 is 30.1. The second-order valence-electron chi connectivity index (χ2n) is 6.42. The van der Waals surface area contributed by atoms with E-state index in [1.165, 1.54) is 0 Å². The zero-order chi connectivity index (χ0) is 20.3. The van der Waals surface area contributed by atoms with Crippen LogP contribution in [0.25, 0.3) is 0 Å². The molecule has 0 amide bonds. The highest BCUT2D eigenvalue weighted by molar-refractivity contribution is 14.0. The molecule has 1 atom stereocenters. The molecule has 0 aliphatic carbocycles. The first-order chi connectivity index (χ1) is 12.7. The molecule has 0 bridgehead atoms. The Bertz CT molecular complexity index is 681. The smallest absolute Gasteiger partial charge is 0.208 e. The summed E-state index contributed by atoms with van der Waals surface area (Å²) >= 11 is 0. The summed E-state index contributed by atoms with van der Waals surface area (Å²) in [6, 6.07) is 7.32. The van der Waals surface area contributed by atoms with Gasteiger partial charge in [0.2, 0.25) is 10.0 Å². The summed E-state index contributed by atoms with van der Waals surface area (Å²) in [5, 5.41) is 16.5. The SMILES string of the molecule is CCNC(=NCC(O)c1ccc(OC(C)C)cc1)NCCCNS(C)(=O)=O.I. The minimum absolute atomic E-state index is 0. The van der Waals surface area contributed by atoms with Crippen molar-refractivity contribution in [3.8, 4) is 5.75 Å². The molecule has 1 rings (SSSR count). The highest BCUT2D eigenvalue weighted by atomic mass is 127. The number of halogens is 1. The van der Waals surface area contributed by atoms with Crippen LogP contribution < -0.4 is 20.1 Å². The first-order valence-corrected chi connectivity index (χ1v) is 11.0. The Morgan fingerprint density at radius 3 is 2.36 bits per heavy atom. The van der Waals surface area contributed by atoms with E-state index in [0.29, 0.717) is 32.0 Å². The van der Waals surface area contributed by atoms with E-state index in [-0.39, 0.29) is 36.6 Å². The van der Waals surface area contributed by atoms with Crippen LogP contribution in [0.5, 0.6) is 5.75 Å². The van der Waals surface area contributed by atoms with E-state index in [4.69, 9.17) is 4.74 Å². The molecule has 0 saturated heterocycles. The van der Waals surface area contributed by atoms with Gasteiger partial charge >= 0.3 is 0 Å². The molecule has 162 valence electrons. The van der Waals surface area contributed by atoms with Crippen LogP contribution in [0, 0.1) is 0 Å². The second-order valence-corrected chi connectivity index (χ2v) is 8.25. The average Bonchev–Trinajstić information content (AvgIpc) is 2.58. The van der Waals surface area contributed by atoms with Crippen molar-refractivity contribution in [3.05, 3.63) is 29.8 Å². The van der Waals surface area contributed by atoms with Crippen molar-refractivity contribution in [1.82, 2.24) is 15.4 Å². The lowest BCUT2D eigenvalue weighted by molar-refractivity contribution is 0.186. The van der Waals surface area contributed by atoms with Gasteiger partial charge in [-0.25, -0.2) is 13.1 Å².